The Morgan fingerprint density at radius 2 is 2.15 bits per heavy atom. The van der Waals surface area contributed by atoms with Crippen LogP contribution in [0.25, 0.3) is 0 Å². The quantitative estimate of drug-likeness (QED) is 0.809. The van der Waals surface area contributed by atoms with Crippen LogP contribution in [0.5, 0.6) is 0 Å². The Balaban J connectivity index is 2.87. The molecule has 0 aliphatic carbocycles. The molecule has 1 rings (SSSR count). The number of sulfonamides is 1. The van der Waals surface area contributed by atoms with E-state index in [0.717, 1.165) is 4.47 Å². The maximum Gasteiger partial charge on any atom is 0.237 e. The minimum absolute atomic E-state index is 0.233. The van der Waals surface area contributed by atoms with Crippen LogP contribution in [0.3, 0.4) is 0 Å². The van der Waals surface area contributed by atoms with Gasteiger partial charge in [-0.25, -0.2) is 8.42 Å². The van der Waals surface area contributed by atoms with Crippen molar-refractivity contribution in [1.82, 2.24) is 4.89 Å². The van der Waals surface area contributed by atoms with Gasteiger partial charge in [-0.05, 0) is 17.7 Å². The second kappa shape index (κ2) is 4.19. The van der Waals surface area contributed by atoms with Crippen molar-refractivity contribution in [3.05, 3.63) is 34.3 Å². The summed E-state index contributed by atoms with van der Waals surface area (Å²) in [5, 5.41) is 8.27. The molecule has 0 saturated carbocycles. The molecule has 0 aromatic heterocycles. The zero-order valence-corrected chi connectivity index (χ0v) is 8.97. The van der Waals surface area contributed by atoms with E-state index in [2.05, 4.69) is 15.9 Å². The fraction of sp³-hybridized carbons (Fsp3) is 0.143. The number of hydrogen-bond donors (Lipinski definition) is 2. The van der Waals surface area contributed by atoms with E-state index >= 15 is 0 Å². The highest BCUT2D eigenvalue weighted by atomic mass is 79.9. The summed E-state index contributed by atoms with van der Waals surface area (Å²) < 4.78 is 22.6. The van der Waals surface area contributed by atoms with E-state index in [4.69, 9.17) is 5.21 Å². The van der Waals surface area contributed by atoms with Crippen molar-refractivity contribution in [1.29, 1.82) is 0 Å². The molecule has 0 aliphatic rings. The van der Waals surface area contributed by atoms with Gasteiger partial charge in [-0.2, -0.15) is 0 Å². The Labute approximate surface area is 84.7 Å². The molecule has 0 fully saturated rings. The average Bonchev–Trinajstić information content (AvgIpc) is 2.03. The Morgan fingerprint density at radius 3 is 2.69 bits per heavy atom. The fourth-order valence-corrected chi connectivity index (χ4v) is 2.01. The zero-order chi connectivity index (χ0) is 9.90. The van der Waals surface area contributed by atoms with Gasteiger partial charge in [0.25, 0.3) is 0 Å². The van der Waals surface area contributed by atoms with Gasteiger partial charge in [-0.3, -0.25) is 0 Å². The van der Waals surface area contributed by atoms with Crippen molar-refractivity contribution >= 4 is 26.0 Å². The van der Waals surface area contributed by atoms with E-state index in [9.17, 15) is 8.42 Å². The smallest absolute Gasteiger partial charge is 0.237 e. The highest BCUT2D eigenvalue weighted by Gasteiger charge is 2.09. The summed E-state index contributed by atoms with van der Waals surface area (Å²) in [6.07, 6.45) is 0. The molecular formula is C7H8BrNO3S. The molecule has 0 spiro atoms. The van der Waals surface area contributed by atoms with Crippen molar-refractivity contribution in [2.24, 2.45) is 0 Å². The molecule has 0 amide bonds. The summed E-state index contributed by atoms with van der Waals surface area (Å²) in [6.45, 7) is 0. The lowest BCUT2D eigenvalue weighted by molar-refractivity contribution is 0.242. The molecule has 13 heavy (non-hydrogen) atoms. The molecule has 2 N–H and O–H groups in total. The molecular weight excluding hydrogens is 258 g/mol. The van der Waals surface area contributed by atoms with E-state index in [-0.39, 0.29) is 5.75 Å². The van der Waals surface area contributed by atoms with E-state index in [1.165, 1.54) is 4.89 Å². The summed E-state index contributed by atoms with van der Waals surface area (Å²) in [7, 11) is -3.60. The highest BCUT2D eigenvalue weighted by Crippen LogP contribution is 2.13. The van der Waals surface area contributed by atoms with Gasteiger partial charge in [0.05, 0.1) is 5.75 Å². The van der Waals surface area contributed by atoms with Crippen LogP contribution < -0.4 is 4.89 Å². The van der Waals surface area contributed by atoms with E-state index in [1.54, 1.807) is 24.3 Å². The SMILES string of the molecule is O=S(=O)(Cc1cccc(Br)c1)NO. The van der Waals surface area contributed by atoms with Gasteiger partial charge in [0.15, 0.2) is 0 Å². The average molecular weight is 266 g/mol. The summed E-state index contributed by atoms with van der Waals surface area (Å²) in [5.74, 6) is -0.233. The third-order valence-corrected chi connectivity index (χ3v) is 2.87. The predicted octanol–water partition coefficient (Wildman–Crippen LogP) is 1.26. The molecule has 6 heteroatoms. The molecule has 72 valence electrons. The first-order chi connectivity index (χ1) is 6.03. The van der Waals surface area contributed by atoms with Crippen LogP contribution in [0.2, 0.25) is 0 Å². The van der Waals surface area contributed by atoms with Crippen molar-refractivity contribution in [3.8, 4) is 0 Å². The van der Waals surface area contributed by atoms with Crippen molar-refractivity contribution in [2.45, 2.75) is 5.75 Å². The van der Waals surface area contributed by atoms with Crippen molar-refractivity contribution in [2.75, 3.05) is 0 Å². The van der Waals surface area contributed by atoms with Gasteiger partial charge in [-0.15, -0.1) is 0 Å². The van der Waals surface area contributed by atoms with Gasteiger partial charge >= 0.3 is 0 Å². The highest BCUT2D eigenvalue weighted by molar-refractivity contribution is 9.10. The summed E-state index contributed by atoms with van der Waals surface area (Å²) in [6, 6.07) is 6.86. The first-order valence-corrected chi connectivity index (χ1v) is 5.86. The van der Waals surface area contributed by atoms with Crippen LogP contribution >= 0.6 is 15.9 Å². The first-order valence-electron chi connectivity index (χ1n) is 3.41. The van der Waals surface area contributed by atoms with Gasteiger partial charge in [0, 0.05) is 4.47 Å². The van der Waals surface area contributed by atoms with Crippen LogP contribution in [0.4, 0.5) is 0 Å². The minimum Gasteiger partial charge on any atom is -0.302 e. The Morgan fingerprint density at radius 1 is 1.46 bits per heavy atom. The molecule has 4 nitrogen and oxygen atoms in total. The Bertz CT molecular complexity index is 390. The summed E-state index contributed by atoms with van der Waals surface area (Å²) in [4.78, 5) is 1.27. The van der Waals surface area contributed by atoms with E-state index in [0.29, 0.717) is 5.56 Å². The van der Waals surface area contributed by atoms with Gasteiger partial charge in [0.2, 0.25) is 10.0 Å². The van der Waals surface area contributed by atoms with Crippen molar-refractivity contribution in [3.63, 3.8) is 0 Å². The first kappa shape index (κ1) is 10.6. The second-order valence-electron chi connectivity index (χ2n) is 2.48. The molecule has 1 aromatic rings. The van der Waals surface area contributed by atoms with Crippen LogP contribution in [-0.4, -0.2) is 13.6 Å². The van der Waals surface area contributed by atoms with Gasteiger partial charge in [0.1, 0.15) is 0 Å². The maximum absolute atomic E-state index is 10.9. The van der Waals surface area contributed by atoms with Crippen LogP contribution in [0.15, 0.2) is 28.7 Å². The predicted molar refractivity (Wildman–Crippen MR) is 51.7 cm³/mol. The number of nitrogens with one attached hydrogen (secondary N) is 1. The minimum atomic E-state index is -3.60. The third kappa shape index (κ3) is 3.43. The molecule has 0 atom stereocenters. The molecule has 0 unspecified atom stereocenters. The number of hydrogen-bond acceptors (Lipinski definition) is 3. The summed E-state index contributed by atoms with van der Waals surface area (Å²) >= 11 is 3.21. The lowest BCUT2D eigenvalue weighted by Crippen LogP contribution is -2.20. The maximum atomic E-state index is 10.9. The second-order valence-corrected chi connectivity index (χ2v) is 5.10. The fourth-order valence-electron chi connectivity index (χ4n) is 0.878. The largest absolute Gasteiger partial charge is 0.302 e. The molecule has 0 radical (unpaired) electrons. The van der Waals surface area contributed by atoms with E-state index in [1.807, 2.05) is 0 Å². The number of halogens is 1. The standard InChI is InChI=1S/C7H8BrNO3S/c8-7-3-1-2-6(4-7)5-13(11,12)9-10/h1-4,9-10H,5H2. The van der Waals surface area contributed by atoms with Gasteiger partial charge < -0.3 is 5.21 Å². The Kier molecular flexibility index (Phi) is 3.43. The van der Waals surface area contributed by atoms with Crippen molar-refractivity contribution < 1.29 is 13.6 Å². The van der Waals surface area contributed by atoms with Gasteiger partial charge in [-0.1, -0.05) is 32.9 Å². The molecule has 0 aliphatic heterocycles. The molecule has 0 heterocycles. The monoisotopic (exact) mass is 265 g/mol. The summed E-state index contributed by atoms with van der Waals surface area (Å²) in [5.41, 5.74) is 0.607. The lowest BCUT2D eigenvalue weighted by atomic mass is 10.2. The molecule has 0 saturated heterocycles. The number of benzene rings is 1. The number of rotatable bonds is 3. The topological polar surface area (TPSA) is 66.4 Å². The lowest BCUT2D eigenvalue weighted by Gasteiger charge is -2.01. The zero-order valence-electron chi connectivity index (χ0n) is 6.57. The van der Waals surface area contributed by atoms with Crippen LogP contribution in [-0.2, 0) is 15.8 Å². The third-order valence-electron chi connectivity index (χ3n) is 1.38. The normalized spacial score (nSPS) is 11.5. The Hall–Kier alpha value is -0.430. The van der Waals surface area contributed by atoms with Crippen LogP contribution in [0, 0.1) is 0 Å². The van der Waals surface area contributed by atoms with Crippen LogP contribution in [0.1, 0.15) is 5.56 Å². The molecule has 1 aromatic carbocycles. The van der Waals surface area contributed by atoms with E-state index < -0.39 is 10.0 Å². The molecule has 0 bridgehead atoms.